The lowest BCUT2D eigenvalue weighted by molar-refractivity contribution is 0.482. The molecule has 70 valence electrons. The van der Waals surface area contributed by atoms with Crippen molar-refractivity contribution in [2.24, 2.45) is 0 Å². The van der Waals surface area contributed by atoms with Crippen LogP contribution < -0.4 is 0 Å². The number of nitriles is 1. The van der Waals surface area contributed by atoms with Gasteiger partial charge in [-0.25, -0.2) is 0 Å². The van der Waals surface area contributed by atoms with Gasteiger partial charge in [-0.2, -0.15) is 5.26 Å². The highest BCUT2D eigenvalue weighted by Crippen LogP contribution is 2.40. The Bertz CT molecular complexity index is 527. The molecule has 0 fully saturated rings. The van der Waals surface area contributed by atoms with Gasteiger partial charge >= 0.3 is 0 Å². The van der Waals surface area contributed by atoms with Crippen molar-refractivity contribution >= 4 is 33.0 Å². The van der Waals surface area contributed by atoms with Crippen molar-refractivity contribution in [3.63, 3.8) is 0 Å². The van der Waals surface area contributed by atoms with E-state index in [0.29, 0.717) is 10.4 Å². The molecule has 0 aliphatic rings. The van der Waals surface area contributed by atoms with Gasteiger partial charge in [0.25, 0.3) is 0 Å². The lowest BCUT2D eigenvalue weighted by atomic mass is 10.2. The highest BCUT2D eigenvalue weighted by Gasteiger charge is 2.12. The minimum Gasteiger partial charge on any atom is -0.507 e. The summed E-state index contributed by atoms with van der Waals surface area (Å²) >= 11 is 7.49. The fraction of sp³-hybridized carbons (Fsp3) is 0.100. The normalized spacial score (nSPS) is 10.3. The second-order valence-corrected chi connectivity index (χ2v) is 4.34. The third kappa shape index (κ3) is 1.33. The maximum atomic E-state index is 9.57. The van der Waals surface area contributed by atoms with E-state index in [1.807, 2.05) is 12.1 Å². The topological polar surface area (TPSA) is 44.0 Å². The Kier molecular flexibility index (Phi) is 2.32. The number of benzene rings is 1. The van der Waals surface area contributed by atoms with E-state index in [-0.39, 0.29) is 12.2 Å². The molecule has 0 amide bonds. The van der Waals surface area contributed by atoms with Crippen LogP contribution in [0.25, 0.3) is 10.1 Å². The van der Waals surface area contributed by atoms with E-state index < -0.39 is 0 Å². The zero-order valence-electron chi connectivity index (χ0n) is 7.12. The number of hydrogen-bond acceptors (Lipinski definition) is 3. The molecule has 4 heteroatoms. The summed E-state index contributed by atoms with van der Waals surface area (Å²) in [6, 6.07) is 7.29. The molecule has 1 N–H and O–H groups in total. The van der Waals surface area contributed by atoms with Crippen LogP contribution in [0.4, 0.5) is 0 Å². The molecule has 0 bridgehead atoms. The van der Waals surface area contributed by atoms with Crippen LogP contribution in [0, 0.1) is 11.3 Å². The van der Waals surface area contributed by atoms with Crippen LogP contribution in [0.1, 0.15) is 4.88 Å². The summed E-state index contributed by atoms with van der Waals surface area (Å²) in [6.45, 7) is 0. The summed E-state index contributed by atoms with van der Waals surface area (Å²) < 4.78 is 0.917. The number of aromatic hydroxyl groups is 1. The van der Waals surface area contributed by atoms with Crippen LogP contribution in [0.3, 0.4) is 0 Å². The Morgan fingerprint density at radius 2 is 2.29 bits per heavy atom. The van der Waals surface area contributed by atoms with Gasteiger partial charge < -0.3 is 5.11 Å². The molecule has 1 aromatic heterocycles. The van der Waals surface area contributed by atoms with Gasteiger partial charge in [0.1, 0.15) is 5.75 Å². The molecule has 0 saturated carbocycles. The first-order valence-electron chi connectivity index (χ1n) is 4.00. The average Bonchev–Trinajstić information content (AvgIpc) is 2.46. The zero-order chi connectivity index (χ0) is 10.1. The minimum absolute atomic E-state index is 0.174. The molecular formula is C10H6ClNOS. The first-order chi connectivity index (χ1) is 6.74. The lowest BCUT2D eigenvalue weighted by Gasteiger charge is -1.93. The molecule has 2 nitrogen and oxygen atoms in total. The molecule has 0 saturated heterocycles. The van der Waals surface area contributed by atoms with Crippen molar-refractivity contribution < 1.29 is 5.11 Å². The molecular weight excluding hydrogens is 218 g/mol. The smallest absolute Gasteiger partial charge is 0.125 e. The fourth-order valence-corrected chi connectivity index (χ4v) is 2.81. The van der Waals surface area contributed by atoms with Crippen molar-refractivity contribution in [2.75, 3.05) is 0 Å². The number of halogens is 1. The monoisotopic (exact) mass is 223 g/mol. The molecule has 2 rings (SSSR count). The van der Waals surface area contributed by atoms with Crippen molar-refractivity contribution in [3.05, 3.63) is 28.1 Å². The van der Waals surface area contributed by atoms with Crippen LogP contribution in [-0.4, -0.2) is 5.11 Å². The van der Waals surface area contributed by atoms with Crippen molar-refractivity contribution in [2.45, 2.75) is 6.42 Å². The second-order valence-electron chi connectivity index (χ2n) is 2.82. The van der Waals surface area contributed by atoms with E-state index in [2.05, 4.69) is 0 Å². The first-order valence-corrected chi connectivity index (χ1v) is 5.19. The number of rotatable bonds is 1. The summed E-state index contributed by atoms with van der Waals surface area (Å²) in [7, 11) is 0. The fourth-order valence-electron chi connectivity index (χ4n) is 1.33. The molecule has 0 aliphatic carbocycles. The van der Waals surface area contributed by atoms with Crippen LogP contribution in [0.5, 0.6) is 5.75 Å². The number of nitrogens with zero attached hydrogens (tertiary/aromatic N) is 1. The number of thiophene rings is 1. The maximum absolute atomic E-state index is 9.57. The van der Waals surface area contributed by atoms with E-state index in [0.717, 1.165) is 9.58 Å². The summed E-state index contributed by atoms with van der Waals surface area (Å²) in [5.41, 5.74) is 0. The number of phenolic OH excluding ortho intramolecular Hbond substituents is 1. The zero-order valence-corrected chi connectivity index (χ0v) is 8.69. The average molecular weight is 224 g/mol. The number of fused-ring (bicyclic) bond motifs is 1. The Morgan fingerprint density at radius 1 is 1.50 bits per heavy atom. The predicted octanol–water partition coefficient (Wildman–Crippen LogP) is 3.33. The van der Waals surface area contributed by atoms with E-state index in [9.17, 15) is 5.11 Å². The third-order valence-corrected chi connectivity index (χ3v) is 3.63. The quantitative estimate of drug-likeness (QED) is 0.806. The molecule has 14 heavy (non-hydrogen) atoms. The molecule has 1 aromatic carbocycles. The van der Waals surface area contributed by atoms with Gasteiger partial charge in [0, 0.05) is 9.58 Å². The summed E-state index contributed by atoms with van der Waals surface area (Å²) in [5.74, 6) is 0.174. The molecule has 0 spiro atoms. The minimum atomic E-state index is 0.174. The highest BCUT2D eigenvalue weighted by atomic mass is 35.5. The largest absolute Gasteiger partial charge is 0.507 e. The lowest BCUT2D eigenvalue weighted by Crippen LogP contribution is -1.73. The molecule has 0 unspecified atom stereocenters. The molecule has 1 heterocycles. The van der Waals surface area contributed by atoms with Gasteiger partial charge in [-0.3, -0.25) is 0 Å². The van der Waals surface area contributed by atoms with Crippen LogP contribution >= 0.6 is 22.9 Å². The van der Waals surface area contributed by atoms with Crippen molar-refractivity contribution in [1.82, 2.24) is 0 Å². The molecule has 0 radical (unpaired) electrons. The summed E-state index contributed by atoms with van der Waals surface area (Å²) in [5, 5.41) is 19.3. The van der Waals surface area contributed by atoms with Crippen LogP contribution in [-0.2, 0) is 6.42 Å². The third-order valence-electron chi connectivity index (χ3n) is 1.94. The second kappa shape index (κ2) is 3.49. The Morgan fingerprint density at radius 3 is 2.93 bits per heavy atom. The van der Waals surface area contributed by atoms with Crippen molar-refractivity contribution in [3.8, 4) is 11.8 Å². The van der Waals surface area contributed by atoms with E-state index in [1.54, 1.807) is 12.1 Å². The highest BCUT2D eigenvalue weighted by molar-refractivity contribution is 7.19. The van der Waals surface area contributed by atoms with Crippen LogP contribution in [0.15, 0.2) is 18.2 Å². The number of hydrogen-bond donors (Lipinski definition) is 1. The Hall–Kier alpha value is -1.24. The van der Waals surface area contributed by atoms with Crippen molar-refractivity contribution in [1.29, 1.82) is 5.26 Å². The Balaban J connectivity index is 2.75. The van der Waals surface area contributed by atoms with Gasteiger partial charge in [-0.05, 0) is 12.1 Å². The summed E-state index contributed by atoms with van der Waals surface area (Å²) in [6.07, 6.45) is 0.289. The molecule has 0 atom stereocenters. The van der Waals surface area contributed by atoms with E-state index in [4.69, 9.17) is 16.9 Å². The summed E-state index contributed by atoms with van der Waals surface area (Å²) in [4.78, 5) is 0.811. The number of phenols is 1. The molecule has 0 aliphatic heterocycles. The standard InChI is InChI=1S/C10H6ClNOS/c11-10-8(4-5-12)14-7-3-1-2-6(13)9(7)10/h1-3,13H,4H2. The molecule has 2 aromatic rings. The van der Waals surface area contributed by atoms with Crippen LogP contribution in [0.2, 0.25) is 5.02 Å². The first kappa shape index (κ1) is 9.32. The van der Waals surface area contributed by atoms with Gasteiger partial charge in [0.15, 0.2) is 0 Å². The van der Waals surface area contributed by atoms with Gasteiger partial charge in [0.05, 0.1) is 22.9 Å². The van der Waals surface area contributed by atoms with Gasteiger partial charge in [-0.15, -0.1) is 11.3 Å². The SMILES string of the molecule is N#CCc1sc2cccc(O)c2c1Cl. The Labute approximate surface area is 90.0 Å². The van der Waals surface area contributed by atoms with Gasteiger partial charge in [-0.1, -0.05) is 17.7 Å². The van der Waals surface area contributed by atoms with Gasteiger partial charge in [0.2, 0.25) is 0 Å². The van der Waals surface area contributed by atoms with E-state index in [1.165, 1.54) is 11.3 Å². The predicted molar refractivity (Wildman–Crippen MR) is 57.8 cm³/mol. The maximum Gasteiger partial charge on any atom is 0.125 e. The van der Waals surface area contributed by atoms with E-state index >= 15 is 0 Å².